The molecule has 6 nitrogen and oxygen atoms in total. The summed E-state index contributed by atoms with van der Waals surface area (Å²) >= 11 is 0. The quantitative estimate of drug-likeness (QED) is 0.937. The number of hydrogen-bond donors (Lipinski definition) is 1. The van der Waals surface area contributed by atoms with Crippen LogP contribution in [0.2, 0.25) is 0 Å². The molecule has 0 saturated carbocycles. The van der Waals surface area contributed by atoms with Gasteiger partial charge in [-0.05, 0) is 30.7 Å². The highest BCUT2D eigenvalue weighted by Crippen LogP contribution is 2.33. The Kier molecular flexibility index (Phi) is 4.46. The van der Waals surface area contributed by atoms with Gasteiger partial charge >= 0.3 is 0 Å². The van der Waals surface area contributed by atoms with Crippen molar-refractivity contribution in [3.05, 3.63) is 48.2 Å². The standard InChI is InChI=1S/C18H19N3O3/c1-12-7-8-16(19-10-12)20-18(23)13-9-17(22)21(11-13)14-5-3-4-6-15(14)24-2/h3-8,10,13H,9,11H2,1-2H3,(H,19,20,23). The van der Waals surface area contributed by atoms with Crippen LogP contribution in [0.4, 0.5) is 11.5 Å². The first-order chi connectivity index (χ1) is 11.6. The molecule has 2 heterocycles. The van der Waals surface area contributed by atoms with E-state index in [1.54, 1.807) is 30.3 Å². The van der Waals surface area contributed by atoms with Crippen LogP contribution >= 0.6 is 0 Å². The third-order valence-corrected chi connectivity index (χ3v) is 4.03. The van der Waals surface area contributed by atoms with Crippen molar-refractivity contribution in [1.29, 1.82) is 0 Å². The maximum atomic E-state index is 12.4. The van der Waals surface area contributed by atoms with Crippen LogP contribution in [0.15, 0.2) is 42.6 Å². The normalized spacial score (nSPS) is 17.0. The molecule has 1 aromatic carbocycles. The van der Waals surface area contributed by atoms with Gasteiger partial charge in [0.1, 0.15) is 11.6 Å². The fourth-order valence-electron chi connectivity index (χ4n) is 2.74. The molecule has 2 amide bonds. The highest BCUT2D eigenvalue weighted by molar-refractivity contribution is 6.03. The molecule has 1 atom stereocenters. The van der Waals surface area contributed by atoms with Gasteiger partial charge in [0.25, 0.3) is 0 Å². The maximum Gasteiger partial charge on any atom is 0.230 e. The fraction of sp³-hybridized carbons (Fsp3) is 0.278. The Morgan fingerprint density at radius 1 is 1.29 bits per heavy atom. The first-order valence-corrected chi connectivity index (χ1v) is 7.75. The van der Waals surface area contributed by atoms with Crippen molar-refractivity contribution < 1.29 is 14.3 Å². The van der Waals surface area contributed by atoms with E-state index in [2.05, 4.69) is 10.3 Å². The molecule has 1 N–H and O–H groups in total. The topological polar surface area (TPSA) is 71.5 Å². The van der Waals surface area contributed by atoms with E-state index in [-0.39, 0.29) is 18.2 Å². The predicted octanol–water partition coefficient (Wildman–Crippen LogP) is 2.39. The van der Waals surface area contributed by atoms with Gasteiger partial charge in [-0.2, -0.15) is 0 Å². The molecular formula is C18H19N3O3. The minimum atomic E-state index is -0.412. The minimum absolute atomic E-state index is 0.0866. The number of aromatic nitrogens is 1. The number of para-hydroxylation sites is 2. The van der Waals surface area contributed by atoms with Gasteiger partial charge in [0.15, 0.2) is 0 Å². The molecule has 1 saturated heterocycles. The van der Waals surface area contributed by atoms with Crippen LogP contribution < -0.4 is 15.0 Å². The first-order valence-electron chi connectivity index (χ1n) is 7.75. The fourth-order valence-corrected chi connectivity index (χ4v) is 2.74. The van der Waals surface area contributed by atoms with Crippen molar-refractivity contribution in [2.45, 2.75) is 13.3 Å². The molecule has 0 bridgehead atoms. The molecule has 1 aliphatic rings. The van der Waals surface area contributed by atoms with Gasteiger partial charge in [0, 0.05) is 19.2 Å². The van der Waals surface area contributed by atoms with E-state index in [0.717, 1.165) is 5.56 Å². The lowest BCUT2D eigenvalue weighted by molar-refractivity contribution is -0.122. The lowest BCUT2D eigenvalue weighted by atomic mass is 10.1. The van der Waals surface area contributed by atoms with Gasteiger partial charge in [-0.15, -0.1) is 0 Å². The number of anilines is 2. The Labute approximate surface area is 140 Å². The number of carbonyl (C=O) groups is 2. The van der Waals surface area contributed by atoms with Crippen molar-refractivity contribution in [3.8, 4) is 5.75 Å². The zero-order valence-electron chi connectivity index (χ0n) is 13.7. The van der Waals surface area contributed by atoms with E-state index in [4.69, 9.17) is 4.74 Å². The van der Waals surface area contributed by atoms with Gasteiger partial charge in [0.05, 0.1) is 18.7 Å². The minimum Gasteiger partial charge on any atom is -0.495 e. The van der Waals surface area contributed by atoms with Crippen molar-refractivity contribution in [2.24, 2.45) is 5.92 Å². The molecule has 1 aliphatic heterocycles. The number of nitrogens with one attached hydrogen (secondary N) is 1. The Balaban J connectivity index is 1.72. The number of amides is 2. The zero-order valence-corrected chi connectivity index (χ0v) is 13.7. The molecular weight excluding hydrogens is 306 g/mol. The summed E-state index contributed by atoms with van der Waals surface area (Å²) in [5.74, 6) is 0.417. The molecule has 0 spiro atoms. The van der Waals surface area contributed by atoms with Crippen LogP contribution in [0.1, 0.15) is 12.0 Å². The largest absolute Gasteiger partial charge is 0.495 e. The highest BCUT2D eigenvalue weighted by Gasteiger charge is 2.36. The van der Waals surface area contributed by atoms with Crippen LogP contribution in [0.25, 0.3) is 0 Å². The van der Waals surface area contributed by atoms with Crippen molar-refractivity contribution in [2.75, 3.05) is 23.9 Å². The Morgan fingerprint density at radius 2 is 2.08 bits per heavy atom. The SMILES string of the molecule is COc1ccccc1N1CC(C(=O)Nc2ccc(C)cn2)CC1=O. The third-order valence-electron chi connectivity index (χ3n) is 4.03. The highest BCUT2D eigenvalue weighted by atomic mass is 16.5. The van der Waals surface area contributed by atoms with E-state index < -0.39 is 5.92 Å². The molecule has 1 aromatic heterocycles. The van der Waals surface area contributed by atoms with Crippen LogP contribution in [0.3, 0.4) is 0 Å². The average Bonchev–Trinajstić information content (AvgIpc) is 2.98. The molecule has 3 rings (SSSR count). The Morgan fingerprint density at radius 3 is 2.79 bits per heavy atom. The van der Waals surface area contributed by atoms with Gasteiger partial charge in [-0.25, -0.2) is 4.98 Å². The molecule has 1 fully saturated rings. The second-order valence-corrected chi connectivity index (χ2v) is 5.79. The summed E-state index contributed by atoms with van der Waals surface area (Å²) < 4.78 is 5.30. The number of rotatable bonds is 4. The number of methoxy groups -OCH3 is 1. The Hall–Kier alpha value is -2.89. The summed E-state index contributed by atoms with van der Waals surface area (Å²) in [4.78, 5) is 30.5. The number of pyridine rings is 1. The van der Waals surface area contributed by atoms with E-state index in [1.807, 2.05) is 31.2 Å². The number of ether oxygens (including phenoxy) is 1. The van der Waals surface area contributed by atoms with Crippen molar-refractivity contribution in [1.82, 2.24) is 4.98 Å². The van der Waals surface area contributed by atoms with E-state index >= 15 is 0 Å². The zero-order chi connectivity index (χ0) is 17.1. The number of benzene rings is 1. The average molecular weight is 325 g/mol. The summed E-state index contributed by atoms with van der Waals surface area (Å²) in [6.07, 6.45) is 1.87. The predicted molar refractivity (Wildman–Crippen MR) is 91.1 cm³/mol. The summed E-state index contributed by atoms with van der Waals surface area (Å²) in [7, 11) is 1.56. The molecule has 0 aliphatic carbocycles. The molecule has 0 radical (unpaired) electrons. The second kappa shape index (κ2) is 6.70. The number of hydrogen-bond acceptors (Lipinski definition) is 4. The molecule has 124 valence electrons. The summed E-state index contributed by atoms with van der Waals surface area (Å²) in [6, 6.07) is 10.9. The lowest BCUT2D eigenvalue weighted by Crippen LogP contribution is -2.28. The van der Waals surface area contributed by atoms with Gasteiger partial charge in [0.2, 0.25) is 11.8 Å². The van der Waals surface area contributed by atoms with E-state index in [9.17, 15) is 9.59 Å². The van der Waals surface area contributed by atoms with Crippen LogP contribution in [0.5, 0.6) is 5.75 Å². The Bertz CT molecular complexity index is 758. The van der Waals surface area contributed by atoms with Crippen molar-refractivity contribution in [3.63, 3.8) is 0 Å². The van der Waals surface area contributed by atoms with Crippen LogP contribution in [-0.2, 0) is 9.59 Å². The molecule has 24 heavy (non-hydrogen) atoms. The molecule has 2 aromatic rings. The van der Waals surface area contributed by atoms with Gasteiger partial charge in [-0.1, -0.05) is 18.2 Å². The smallest absolute Gasteiger partial charge is 0.230 e. The number of nitrogens with zero attached hydrogens (tertiary/aromatic N) is 2. The number of aryl methyl sites for hydroxylation is 1. The summed E-state index contributed by atoms with van der Waals surface area (Å²) in [5, 5.41) is 2.77. The van der Waals surface area contributed by atoms with Crippen molar-refractivity contribution >= 4 is 23.3 Å². The molecule has 6 heteroatoms. The second-order valence-electron chi connectivity index (χ2n) is 5.79. The molecule has 1 unspecified atom stereocenters. The van der Waals surface area contributed by atoms with E-state index in [1.165, 1.54) is 0 Å². The maximum absolute atomic E-state index is 12.4. The van der Waals surface area contributed by atoms with E-state index in [0.29, 0.717) is 23.8 Å². The third kappa shape index (κ3) is 3.22. The lowest BCUT2D eigenvalue weighted by Gasteiger charge is -2.19. The monoisotopic (exact) mass is 325 g/mol. The summed E-state index contributed by atoms with van der Waals surface area (Å²) in [6.45, 7) is 2.26. The van der Waals surface area contributed by atoms with Crippen LogP contribution in [-0.4, -0.2) is 30.5 Å². The van der Waals surface area contributed by atoms with Gasteiger partial charge in [-0.3, -0.25) is 9.59 Å². The first kappa shape index (κ1) is 16.0. The van der Waals surface area contributed by atoms with Crippen LogP contribution in [0, 0.1) is 12.8 Å². The van der Waals surface area contributed by atoms with Gasteiger partial charge < -0.3 is 15.0 Å². The summed E-state index contributed by atoms with van der Waals surface area (Å²) in [5.41, 5.74) is 1.71. The number of carbonyl (C=O) groups excluding carboxylic acids is 2.